The van der Waals surface area contributed by atoms with Crippen LogP contribution in [0.1, 0.15) is 38.5 Å². The molecule has 7 heteroatoms. The van der Waals surface area contributed by atoms with E-state index in [1.165, 1.54) is 26.4 Å². The number of rotatable bonds is 6. The van der Waals surface area contributed by atoms with E-state index in [1.807, 2.05) is 5.59 Å². The molecule has 0 aromatic rings. The largest absolute Gasteiger partial charge is 0.745 e. The first kappa shape index (κ1) is 12.7. The van der Waals surface area contributed by atoms with Crippen molar-refractivity contribution >= 4 is 0 Å². The van der Waals surface area contributed by atoms with Gasteiger partial charge in [0, 0.05) is 0 Å². The average molecular weight is 258 g/mol. The van der Waals surface area contributed by atoms with Crippen LogP contribution in [0.25, 0.3) is 0 Å². The summed E-state index contributed by atoms with van der Waals surface area (Å²) in [6, 6.07) is 0. The van der Waals surface area contributed by atoms with Gasteiger partial charge < -0.3 is 5.21 Å². The first-order chi connectivity index (χ1) is 8.69. The van der Waals surface area contributed by atoms with Crippen molar-refractivity contribution in [1.82, 2.24) is 16.6 Å². The van der Waals surface area contributed by atoms with Gasteiger partial charge >= 0.3 is 0 Å². The van der Waals surface area contributed by atoms with Crippen LogP contribution < -0.4 is 11.2 Å². The van der Waals surface area contributed by atoms with Gasteiger partial charge in [0.2, 0.25) is 0 Å². The van der Waals surface area contributed by atoms with E-state index in [-0.39, 0.29) is 10.9 Å². The molecule has 0 aromatic carbocycles. The second-order valence-corrected chi connectivity index (χ2v) is 5.93. The zero-order chi connectivity index (χ0) is 12.6. The van der Waals surface area contributed by atoms with Crippen LogP contribution >= 0.6 is 0 Å². The van der Waals surface area contributed by atoms with Gasteiger partial charge in [0.05, 0.1) is 12.7 Å². The minimum absolute atomic E-state index is 0.0699. The monoisotopic (exact) mass is 258 g/mol. The third kappa shape index (κ3) is 2.53. The third-order valence-electron chi connectivity index (χ3n) is 4.53. The summed E-state index contributed by atoms with van der Waals surface area (Å²) in [5.41, 5.74) is 4.13. The summed E-state index contributed by atoms with van der Waals surface area (Å²) >= 11 is 0. The molecule has 0 heterocycles. The standard InChI is InChI=1S/C11H20N3O4/c1-16-12-14(15)18-13-17-11-5-8-2-9(6-11)4-10(3-8)7-11/h8-10,12-13H,2-7H2,1H3/q-1. The van der Waals surface area contributed by atoms with E-state index in [2.05, 4.69) is 15.4 Å². The van der Waals surface area contributed by atoms with Crippen molar-refractivity contribution in [1.29, 1.82) is 0 Å². The van der Waals surface area contributed by atoms with E-state index in [0.717, 1.165) is 37.0 Å². The SMILES string of the molecule is CONN([O-])ONOC12CC3CC(CC(C3)C1)C2. The summed E-state index contributed by atoms with van der Waals surface area (Å²) in [5.74, 6) is 2.37. The van der Waals surface area contributed by atoms with Gasteiger partial charge in [-0.2, -0.15) is 4.94 Å². The molecule has 0 atom stereocenters. The summed E-state index contributed by atoms with van der Waals surface area (Å²) in [6.45, 7) is 0. The molecule has 4 rings (SSSR count). The Balaban J connectivity index is 1.50. The summed E-state index contributed by atoms with van der Waals surface area (Å²) in [7, 11) is 1.33. The smallest absolute Gasteiger partial charge is 0.0932 e. The fourth-order valence-electron chi connectivity index (χ4n) is 4.39. The Labute approximate surface area is 106 Å². The van der Waals surface area contributed by atoms with Crippen LogP contribution in [0.4, 0.5) is 0 Å². The van der Waals surface area contributed by atoms with Gasteiger partial charge in [0.15, 0.2) is 0 Å². The summed E-state index contributed by atoms with van der Waals surface area (Å²) < 4.78 is 0. The first-order valence-corrected chi connectivity index (χ1v) is 6.55. The van der Waals surface area contributed by atoms with Gasteiger partial charge in [-0.05, 0) is 56.3 Å². The zero-order valence-electron chi connectivity index (χ0n) is 10.6. The van der Waals surface area contributed by atoms with Crippen molar-refractivity contribution in [3.8, 4) is 0 Å². The Morgan fingerprint density at radius 2 is 1.67 bits per heavy atom. The maximum Gasteiger partial charge on any atom is 0.0932 e. The van der Waals surface area contributed by atoms with Crippen molar-refractivity contribution in [2.24, 2.45) is 17.8 Å². The normalized spacial score (nSPS) is 41.8. The number of nitrogens with one attached hydrogen (secondary N) is 2. The van der Waals surface area contributed by atoms with E-state index >= 15 is 0 Å². The number of hydrogen-bond acceptors (Lipinski definition) is 7. The highest BCUT2D eigenvalue weighted by Gasteiger charge is 2.52. The van der Waals surface area contributed by atoms with Crippen molar-refractivity contribution in [2.45, 2.75) is 44.1 Å². The summed E-state index contributed by atoms with van der Waals surface area (Å²) in [4.78, 5) is 14.6. The Morgan fingerprint density at radius 1 is 1.11 bits per heavy atom. The van der Waals surface area contributed by atoms with Crippen LogP contribution in [0.5, 0.6) is 0 Å². The van der Waals surface area contributed by atoms with Gasteiger partial charge in [0.1, 0.15) is 0 Å². The molecule has 7 nitrogen and oxygen atoms in total. The molecule has 4 bridgehead atoms. The van der Waals surface area contributed by atoms with E-state index in [9.17, 15) is 5.21 Å². The van der Waals surface area contributed by atoms with Crippen molar-refractivity contribution in [2.75, 3.05) is 7.11 Å². The van der Waals surface area contributed by atoms with Gasteiger partial charge in [-0.25, -0.2) is 0 Å². The molecule has 104 valence electrons. The molecular formula is C11H20N3O4-. The van der Waals surface area contributed by atoms with Crippen LogP contribution in [-0.4, -0.2) is 18.0 Å². The first-order valence-electron chi connectivity index (χ1n) is 6.55. The lowest BCUT2D eigenvalue weighted by Gasteiger charge is -2.55. The molecule has 0 spiro atoms. The second kappa shape index (κ2) is 5.01. The van der Waals surface area contributed by atoms with E-state index in [4.69, 9.17) is 4.84 Å². The fourth-order valence-corrected chi connectivity index (χ4v) is 4.39. The molecule has 0 saturated heterocycles. The molecule has 4 fully saturated rings. The lowest BCUT2D eigenvalue weighted by atomic mass is 9.54. The van der Waals surface area contributed by atoms with Crippen molar-refractivity contribution in [3.63, 3.8) is 0 Å². The van der Waals surface area contributed by atoms with E-state index in [1.54, 1.807) is 0 Å². The molecule has 4 aliphatic carbocycles. The molecule has 4 aliphatic rings. The maximum absolute atomic E-state index is 10.9. The molecule has 0 unspecified atom stereocenters. The predicted molar refractivity (Wildman–Crippen MR) is 61.6 cm³/mol. The van der Waals surface area contributed by atoms with E-state index in [0.29, 0.717) is 0 Å². The summed E-state index contributed by atoms with van der Waals surface area (Å²) in [5, 5.41) is 11.0. The Hall–Kier alpha value is -0.280. The quantitative estimate of drug-likeness (QED) is 0.693. The lowest BCUT2D eigenvalue weighted by molar-refractivity contribution is -0.371. The molecule has 0 aromatic heterocycles. The van der Waals surface area contributed by atoms with Gasteiger partial charge in [-0.15, -0.1) is 10.9 Å². The van der Waals surface area contributed by atoms with Crippen LogP contribution in [0, 0.1) is 23.0 Å². The molecule has 4 saturated carbocycles. The Kier molecular flexibility index (Phi) is 3.55. The number of hydrogen-bond donors (Lipinski definition) is 2. The van der Waals surface area contributed by atoms with Crippen LogP contribution in [0.2, 0.25) is 0 Å². The number of hydrazine groups is 1. The minimum Gasteiger partial charge on any atom is -0.745 e. The Morgan fingerprint density at radius 3 is 2.17 bits per heavy atom. The van der Waals surface area contributed by atoms with Crippen molar-refractivity contribution in [3.05, 3.63) is 5.21 Å². The zero-order valence-corrected chi connectivity index (χ0v) is 10.6. The topological polar surface area (TPSA) is 78.1 Å². The van der Waals surface area contributed by atoms with Crippen LogP contribution in [-0.2, 0) is 14.6 Å². The van der Waals surface area contributed by atoms with Crippen LogP contribution in [0.15, 0.2) is 0 Å². The Bertz CT molecular complexity index is 267. The van der Waals surface area contributed by atoms with Crippen LogP contribution in [0.3, 0.4) is 0 Å². The highest BCUT2D eigenvalue weighted by molar-refractivity contribution is 5.02. The van der Waals surface area contributed by atoms with E-state index < -0.39 is 0 Å². The average Bonchev–Trinajstić information content (AvgIpc) is 2.26. The molecule has 0 amide bonds. The van der Waals surface area contributed by atoms with Gasteiger partial charge in [-0.1, -0.05) is 5.64 Å². The number of nitrogens with zero attached hydrogens (tertiary/aromatic N) is 1. The minimum atomic E-state index is -0.136. The second-order valence-electron chi connectivity index (χ2n) is 5.93. The predicted octanol–water partition coefficient (Wildman–Crippen LogP) is 1.19. The highest BCUT2D eigenvalue weighted by Crippen LogP contribution is 2.56. The third-order valence-corrected chi connectivity index (χ3v) is 4.53. The lowest BCUT2D eigenvalue weighted by Crippen LogP contribution is -2.54. The molecule has 2 N–H and O–H groups in total. The maximum atomic E-state index is 10.9. The molecule has 18 heavy (non-hydrogen) atoms. The molecular weight excluding hydrogens is 238 g/mol. The summed E-state index contributed by atoms with van der Waals surface area (Å²) in [6.07, 6.45) is 7.27. The fraction of sp³-hybridized carbons (Fsp3) is 1.00. The highest BCUT2D eigenvalue weighted by atomic mass is 17.1. The van der Waals surface area contributed by atoms with Gasteiger partial charge in [-0.3, -0.25) is 9.68 Å². The van der Waals surface area contributed by atoms with Gasteiger partial charge in [0.25, 0.3) is 0 Å². The van der Waals surface area contributed by atoms with Crippen molar-refractivity contribution < 1.29 is 14.6 Å². The molecule has 0 aliphatic heterocycles. The molecule has 0 radical (unpaired) electrons.